The second kappa shape index (κ2) is 7.19. The molecular formula is C20H27N3O3. The van der Waals surface area contributed by atoms with E-state index in [1.807, 2.05) is 37.0 Å². The van der Waals surface area contributed by atoms with Crippen LogP contribution in [0.4, 0.5) is 0 Å². The summed E-state index contributed by atoms with van der Waals surface area (Å²) in [7, 11) is 1.63. The molecule has 0 radical (unpaired) electrons. The Hall–Kier alpha value is -2.21. The van der Waals surface area contributed by atoms with Crippen LogP contribution in [-0.4, -0.2) is 52.5 Å². The molecule has 0 aromatic carbocycles. The molecule has 0 saturated carbocycles. The highest BCUT2D eigenvalue weighted by Gasteiger charge is 2.58. The molecule has 2 aliphatic rings. The molecule has 2 fully saturated rings. The van der Waals surface area contributed by atoms with Gasteiger partial charge in [-0.3, -0.25) is 14.6 Å². The number of carbonyl (C=O) groups excluding carboxylic acids is 2. The molecule has 1 aromatic heterocycles. The molecule has 140 valence electrons. The zero-order valence-corrected chi connectivity index (χ0v) is 15.7. The maximum Gasteiger partial charge on any atom is 0.247 e. The standard InChI is InChI=1S/C20H27N3O3/c1-19(2)14-20(16(26-19)13-17(24)21-3)9-4-12-23(20)18(25)6-5-15-7-10-22-11-8-15/h5-8,10-11,16H,4,9,12-14H2,1-3H3,(H,21,24)/t16-,20+/m0/s1. The van der Waals surface area contributed by atoms with E-state index in [2.05, 4.69) is 10.3 Å². The minimum absolute atomic E-state index is 0.0254. The van der Waals surface area contributed by atoms with Crippen molar-refractivity contribution in [2.24, 2.45) is 0 Å². The molecule has 1 spiro atoms. The summed E-state index contributed by atoms with van der Waals surface area (Å²) in [5, 5.41) is 2.67. The number of likely N-dealkylation sites (tertiary alicyclic amines) is 1. The smallest absolute Gasteiger partial charge is 0.247 e. The predicted molar refractivity (Wildman–Crippen MR) is 99.2 cm³/mol. The van der Waals surface area contributed by atoms with E-state index in [1.165, 1.54) is 0 Å². The number of ether oxygens (including phenoxy) is 1. The average Bonchev–Trinajstić information content (AvgIpc) is 3.14. The van der Waals surface area contributed by atoms with Crippen LogP contribution in [0.5, 0.6) is 0 Å². The van der Waals surface area contributed by atoms with Gasteiger partial charge in [-0.25, -0.2) is 0 Å². The largest absolute Gasteiger partial charge is 0.369 e. The van der Waals surface area contributed by atoms with Gasteiger partial charge in [0.25, 0.3) is 0 Å². The Kier molecular flexibility index (Phi) is 5.14. The Morgan fingerprint density at radius 2 is 2.12 bits per heavy atom. The maximum atomic E-state index is 13.0. The number of rotatable bonds is 4. The van der Waals surface area contributed by atoms with Crippen molar-refractivity contribution in [2.75, 3.05) is 13.6 Å². The normalized spacial score (nSPS) is 27.3. The second-order valence-electron chi connectivity index (χ2n) is 7.73. The van der Waals surface area contributed by atoms with E-state index < -0.39 is 5.54 Å². The fourth-order valence-electron chi connectivity index (χ4n) is 4.37. The number of amides is 2. The van der Waals surface area contributed by atoms with Crippen LogP contribution in [-0.2, 0) is 14.3 Å². The third-order valence-electron chi connectivity index (χ3n) is 5.36. The van der Waals surface area contributed by atoms with Crippen molar-refractivity contribution in [1.82, 2.24) is 15.2 Å². The third-order valence-corrected chi connectivity index (χ3v) is 5.36. The summed E-state index contributed by atoms with van der Waals surface area (Å²) >= 11 is 0. The first-order chi connectivity index (χ1) is 12.4. The van der Waals surface area contributed by atoms with Crippen molar-refractivity contribution < 1.29 is 14.3 Å². The lowest BCUT2D eigenvalue weighted by atomic mass is 9.82. The first-order valence-corrected chi connectivity index (χ1v) is 9.14. The minimum Gasteiger partial charge on any atom is -0.369 e. The Labute approximate surface area is 154 Å². The molecule has 0 aliphatic carbocycles. The molecule has 3 rings (SSSR count). The Balaban J connectivity index is 1.83. The second-order valence-corrected chi connectivity index (χ2v) is 7.73. The number of carbonyl (C=O) groups is 2. The van der Waals surface area contributed by atoms with Crippen molar-refractivity contribution in [2.45, 2.75) is 56.8 Å². The van der Waals surface area contributed by atoms with E-state index in [-0.39, 0.29) is 29.9 Å². The van der Waals surface area contributed by atoms with Crippen LogP contribution >= 0.6 is 0 Å². The molecule has 2 aliphatic heterocycles. The lowest BCUT2D eigenvalue weighted by molar-refractivity contribution is -0.136. The average molecular weight is 357 g/mol. The molecule has 3 heterocycles. The summed E-state index contributed by atoms with van der Waals surface area (Å²) in [5.41, 5.74) is 0.179. The molecule has 2 saturated heterocycles. The van der Waals surface area contributed by atoms with Crippen LogP contribution in [0.25, 0.3) is 6.08 Å². The van der Waals surface area contributed by atoms with Gasteiger partial charge in [0.1, 0.15) is 0 Å². The van der Waals surface area contributed by atoms with Crippen LogP contribution < -0.4 is 5.32 Å². The highest BCUT2D eigenvalue weighted by molar-refractivity contribution is 5.92. The highest BCUT2D eigenvalue weighted by atomic mass is 16.5. The highest BCUT2D eigenvalue weighted by Crippen LogP contribution is 2.48. The number of aromatic nitrogens is 1. The SMILES string of the molecule is CNC(=O)C[C@@H]1OC(C)(C)C[C@]12CCCN2C(=O)C=Cc1ccncc1. The van der Waals surface area contributed by atoms with E-state index in [0.29, 0.717) is 6.54 Å². The van der Waals surface area contributed by atoms with Crippen molar-refractivity contribution in [3.05, 3.63) is 36.2 Å². The van der Waals surface area contributed by atoms with Crippen molar-refractivity contribution in [3.8, 4) is 0 Å². The van der Waals surface area contributed by atoms with Gasteiger partial charge in [0.05, 0.1) is 23.7 Å². The van der Waals surface area contributed by atoms with Gasteiger partial charge in [-0.05, 0) is 50.5 Å². The number of hydrogen-bond donors (Lipinski definition) is 1. The van der Waals surface area contributed by atoms with Crippen molar-refractivity contribution in [1.29, 1.82) is 0 Å². The quantitative estimate of drug-likeness (QED) is 0.838. The molecule has 2 amide bonds. The number of hydrogen-bond acceptors (Lipinski definition) is 4. The molecule has 2 atom stereocenters. The number of pyridine rings is 1. The van der Waals surface area contributed by atoms with E-state index in [4.69, 9.17) is 4.74 Å². The molecule has 1 N–H and O–H groups in total. The van der Waals surface area contributed by atoms with Gasteiger partial charge in [0.2, 0.25) is 11.8 Å². The first kappa shape index (κ1) is 18.6. The number of nitrogens with one attached hydrogen (secondary N) is 1. The first-order valence-electron chi connectivity index (χ1n) is 9.14. The molecular weight excluding hydrogens is 330 g/mol. The minimum atomic E-state index is -0.407. The summed E-state index contributed by atoms with van der Waals surface area (Å²) < 4.78 is 6.22. The van der Waals surface area contributed by atoms with Crippen LogP contribution in [0, 0.1) is 0 Å². The lowest BCUT2D eigenvalue weighted by Crippen LogP contribution is -2.53. The van der Waals surface area contributed by atoms with Gasteiger partial charge < -0.3 is 15.0 Å². The topological polar surface area (TPSA) is 71.5 Å². The van der Waals surface area contributed by atoms with Crippen molar-refractivity contribution >= 4 is 17.9 Å². The van der Waals surface area contributed by atoms with Gasteiger partial charge in [-0.15, -0.1) is 0 Å². The molecule has 0 unspecified atom stereocenters. The van der Waals surface area contributed by atoms with E-state index >= 15 is 0 Å². The Morgan fingerprint density at radius 3 is 2.81 bits per heavy atom. The maximum absolute atomic E-state index is 13.0. The summed E-state index contributed by atoms with van der Waals surface area (Å²) in [4.78, 5) is 30.9. The van der Waals surface area contributed by atoms with E-state index in [9.17, 15) is 9.59 Å². The molecule has 6 nitrogen and oxygen atoms in total. The monoisotopic (exact) mass is 357 g/mol. The fraction of sp³-hybridized carbons (Fsp3) is 0.550. The zero-order chi connectivity index (χ0) is 18.8. The van der Waals surface area contributed by atoms with Gasteiger partial charge in [-0.2, -0.15) is 0 Å². The Morgan fingerprint density at radius 1 is 1.38 bits per heavy atom. The summed E-state index contributed by atoms with van der Waals surface area (Å²) in [6.45, 7) is 4.77. The van der Waals surface area contributed by atoms with Crippen LogP contribution in [0.3, 0.4) is 0 Å². The van der Waals surface area contributed by atoms with Crippen LogP contribution in [0.2, 0.25) is 0 Å². The molecule has 26 heavy (non-hydrogen) atoms. The van der Waals surface area contributed by atoms with Gasteiger partial charge in [-0.1, -0.05) is 0 Å². The zero-order valence-electron chi connectivity index (χ0n) is 15.7. The Bertz CT molecular complexity index is 702. The van der Waals surface area contributed by atoms with Gasteiger partial charge in [0, 0.05) is 38.5 Å². The van der Waals surface area contributed by atoms with Gasteiger partial charge in [0.15, 0.2) is 0 Å². The number of nitrogens with zero attached hydrogens (tertiary/aromatic N) is 2. The molecule has 1 aromatic rings. The predicted octanol–water partition coefficient (Wildman–Crippen LogP) is 2.16. The van der Waals surface area contributed by atoms with E-state index in [1.54, 1.807) is 25.5 Å². The summed E-state index contributed by atoms with van der Waals surface area (Å²) in [5.74, 6) is -0.0822. The van der Waals surface area contributed by atoms with E-state index in [0.717, 1.165) is 24.8 Å². The lowest BCUT2D eigenvalue weighted by Gasteiger charge is -2.38. The molecule has 0 bridgehead atoms. The summed E-state index contributed by atoms with van der Waals surface area (Å²) in [6.07, 6.45) is 9.37. The van der Waals surface area contributed by atoms with Crippen LogP contribution in [0.1, 0.15) is 45.1 Å². The van der Waals surface area contributed by atoms with Crippen molar-refractivity contribution in [3.63, 3.8) is 0 Å². The summed E-state index contributed by atoms with van der Waals surface area (Å²) in [6, 6.07) is 3.72. The third kappa shape index (κ3) is 3.65. The van der Waals surface area contributed by atoms with Crippen LogP contribution in [0.15, 0.2) is 30.6 Å². The molecule has 6 heteroatoms. The fourth-order valence-corrected chi connectivity index (χ4v) is 4.37. The van der Waals surface area contributed by atoms with Gasteiger partial charge >= 0.3 is 0 Å².